The zero-order chi connectivity index (χ0) is 16.5. The number of thiophene rings is 2. The smallest absolute Gasteiger partial charge is 0.233 e. The maximum Gasteiger partial charge on any atom is 0.233 e. The Morgan fingerprint density at radius 1 is 0.833 bits per heavy atom. The summed E-state index contributed by atoms with van der Waals surface area (Å²) in [7, 11) is 0. The molecule has 8 heteroatoms. The summed E-state index contributed by atoms with van der Waals surface area (Å²) < 4.78 is 0. The summed E-state index contributed by atoms with van der Waals surface area (Å²) in [5.74, 6) is 1.40. The van der Waals surface area contributed by atoms with Crippen LogP contribution in [0.3, 0.4) is 0 Å². The van der Waals surface area contributed by atoms with Gasteiger partial charge in [-0.25, -0.2) is 0 Å². The van der Waals surface area contributed by atoms with E-state index < -0.39 is 0 Å². The van der Waals surface area contributed by atoms with Gasteiger partial charge in [-0.2, -0.15) is 0 Å². The standard InChI is InChI=1S/C16H16N2O2S4/c19-13-9-23-15(11-3-1-7-21-11)17(13)5-6-18-14(20)10-24-16(18)12-4-2-8-22-12/h1-4,7-8,15-16H,5-6,9-10H2/t15-,16-/m0/s1. The molecule has 2 aromatic heterocycles. The highest BCUT2D eigenvalue weighted by Gasteiger charge is 2.37. The molecule has 24 heavy (non-hydrogen) atoms. The van der Waals surface area contributed by atoms with Crippen molar-refractivity contribution in [1.29, 1.82) is 0 Å². The third kappa shape index (κ3) is 3.12. The molecule has 2 aliphatic rings. The molecule has 126 valence electrons. The van der Waals surface area contributed by atoms with Gasteiger partial charge in [-0.3, -0.25) is 9.59 Å². The van der Waals surface area contributed by atoms with Crippen molar-refractivity contribution in [1.82, 2.24) is 9.80 Å². The van der Waals surface area contributed by atoms with Crippen molar-refractivity contribution in [3.63, 3.8) is 0 Å². The van der Waals surface area contributed by atoms with E-state index >= 15 is 0 Å². The minimum atomic E-state index is 0.100. The van der Waals surface area contributed by atoms with E-state index in [1.165, 1.54) is 9.75 Å². The predicted molar refractivity (Wildman–Crippen MR) is 102 cm³/mol. The summed E-state index contributed by atoms with van der Waals surface area (Å²) >= 11 is 6.73. The van der Waals surface area contributed by atoms with Crippen LogP contribution in [0.15, 0.2) is 35.0 Å². The van der Waals surface area contributed by atoms with Crippen molar-refractivity contribution in [2.45, 2.75) is 10.7 Å². The normalized spacial score (nSPS) is 24.3. The summed E-state index contributed by atoms with van der Waals surface area (Å²) in [5, 5.41) is 4.29. The lowest BCUT2D eigenvalue weighted by molar-refractivity contribution is -0.132. The van der Waals surface area contributed by atoms with Crippen LogP contribution in [0.5, 0.6) is 0 Å². The molecule has 4 heterocycles. The summed E-state index contributed by atoms with van der Waals surface area (Å²) in [6, 6.07) is 8.21. The number of carbonyl (C=O) groups excluding carboxylic acids is 2. The van der Waals surface area contributed by atoms with Gasteiger partial charge in [0.05, 0.1) is 11.5 Å². The molecule has 0 spiro atoms. The van der Waals surface area contributed by atoms with E-state index in [0.29, 0.717) is 24.6 Å². The van der Waals surface area contributed by atoms with Crippen molar-refractivity contribution >= 4 is 58.0 Å². The second-order valence-electron chi connectivity index (χ2n) is 5.53. The van der Waals surface area contributed by atoms with Gasteiger partial charge in [0.25, 0.3) is 0 Å². The van der Waals surface area contributed by atoms with Crippen LogP contribution in [0, 0.1) is 0 Å². The lowest BCUT2D eigenvalue weighted by Crippen LogP contribution is -2.38. The van der Waals surface area contributed by atoms with Crippen LogP contribution < -0.4 is 0 Å². The van der Waals surface area contributed by atoms with Crippen molar-refractivity contribution in [3.8, 4) is 0 Å². The van der Waals surface area contributed by atoms with Crippen LogP contribution >= 0.6 is 46.2 Å². The Balaban J connectivity index is 1.46. The molecule has 2 aliphatic heterocycles. The van der Waals surface area contributed by atoms with Crippen LogP contribution in [-0.4, -0.2) is 46.2 Å². The minimum Gasteiger partial charge on any atom is -0.323 e. The van der Waals surface area contributed by atoms with E-state index in [0.717, 1.165) is 0 Å². The van der Waals surface area contributed by atoms with Crippen LogP contribution in [0.1, 0.15) is 20.5 Å². The Morgan fingerprint density at radius 2 is 1.29 bits per heavy atom. The number of hydrogen-bond donors (Lipinski definition) is 0. The van der Waals surface area contributed by atoms with E-state index in [1.54, 1.807) is 46.2 Å². The van der Waals surface area contributed by atoms with Gasteiger partial charge in [-0.1, -0.05) is 12.1 Å². The fourth-order valence-electron chi connectivity index (χ4n) is 2.94. The molecule has 0 unspecified atom stereocenters. The Labute approximate surface area is 157 Å². The van der Waals surface area contributed by atoms with Gasteiger partial charge in [0.2, 0.25) is 11.8 Å². The Bertz CT molecular complexity index is 654. The van der Waals surface area contributed by atoms with Crippen LogP contribution in [0.4, 0.5) is 0 Å². The molecule has 0 saturated carbocycles. The Morgan fingerprint density at radius 3 is 1.67 bits per heavy atom. The van der Waals surface area contributed by atoms with Gasteiger partial charge in [0.1, 0.15) is 10.7 Å². The van der Waals surface area contributed by atoms with Gasteiger partial charge in [0, 0.05) is 22.8 Å². The average Bonchev–Trinajstić information content (AvgIpc) is 3.33. The number of hydrogen-bond acceptors (Lipinski definition) is 6. The van der Waals surface area contributed by atoms with E-state index in [1.807, 2.05) is 32.7 Å². The highest BCUT2D eigenvalue weighted by atomic mass is 32.2. The van der Waals surface area contributed by atoms with Crippen molar-refractivity contribution in [2.75, 3.05) is 24.6 Å². The Hall–Kier alpha value is -0.960. The number of rotatable bonds is 5. The third-order valence-electron chi connectivity index (χ3n) is 4.09. The second-order valence-corrected chi connectivity index (χ2v) is 9.63. The summed E-state index contributed by atoms with van der Waals surface area (Å²) in [6.07, 6.45) is 0. The van der Waals surface area contributed by atoms with Crippen LogP contribution in [0.25, 0.3) is 0 Å². The predicted octanol–water partition coefficient (Wildman–Crippen LogP) is 3.66. The SMILES string of the molecule is O=C1CS[C@@H](c2cccs2)N1CCN1C(=O)CS[C@H]1c1cccs1. The molecule has 0 radical (unpaired) electrons. The maximum absolute atomic E-state index is 12.3. The molecule has 0 N–H and O–H groups in total. The average molecular weight is 397 g/mol. The molecular formula is C16H16N2O2S4. The monoisotopic (exact) mass is 396 g/mol. The molecule has 0 aliphatic carbocycles. The first-order valence-electron chi connectivity index (χ1n) is 7.63. The van der Waals surface area contributed by atoms with Gasteiger partial charge in [-0.15, -0.1) is 46.2 Å². The van der Waals surface area contributed by atoms with Crippen molar-refractivity contribution < 1.29 is 9.59 Å². The molecular weight excluding hydrogens is 380 g/mol. The lowest BCUT2D eigenvalue weighted by Gasteiger charge is -2.28. The van der Waals surface area contributed by atoms with Gasteiger partial charge < -0.3 is 9.80 Å². The minimum absolute atomic E-state index is 0.100. The van der Waals surface area contributed by atoms with Gasteiger partial charge >= 0.3 is 0 Å². The van der Waals surface area contributed by atoms with Crippen molar-refractivity contribution in [2.24, 2.45) is 0 Å². The first-order valence-corrected chi connectivity index (χ1v) is 11.5. The van der Waals surface area contributed by atoms with Crippen molar-refractivity contribution in [3.05, 3.63) is 44.8 Å². The van der Waals surface area contributed by atoms with Gasteiger partial charge in [0.15, 0.2) is 0 Å². The molecule has 0 bridgehead atoms. The molecule has 2 fully saturated rings. The summed E-state index contributed by atoms with van der Waals surface area (Å²) in [6.45, 7) is 1.20. The number of thioether (sulfide) groups is 2. The molecule has 2 aromatic rings. The largest absolute Gasteiger partial charge is 0.323 e. The molecule has 4 nitrogen and oxygen atoms in total. The first-order chi connectivity index (χ1) is 11.7. The topological polar surface area (TPSA) is 40.6 Å². The zero-order valence-corrected chi connectivity index (χ0v) is 16.1. The molecule has 0 aromatic carbocycles. The molecule has 2 atom stereocenters. The number of amides is 2. The number of carbonyl (C=O) groups is 2. The number of nitrogens with zero attached hydrogens (tertiary/aromatic N) is 2. The highest BCUT2D eigenvalue weighted by Crippen LogP contribution is 2.42. The molecule has 2 amide bonds. The van der Waals surface area contributed by atoms with E-state index in [4.69, 9.17) is 0 Å². The summed E-state index contributed by atoms with van der Waals surface area (Å²) in [5.41, 5.74) is 0. The van der Waals surface area contributed by atoms with E-state index in [-0.39, 0.29) is 22.6 Å². The highest BCUT2D eigenvalue weighted by molar-refractivity contribution is 8.01. The first kappa shape index (κ1) is 16.5. The third-order valence-corrected chi connectivity index (χ3v) is 8.71. The van der Waals surface area contributed by atoms with Gasteiger partial charge in [-0.05, 0) is 22.9 Å². The maximum atomic E-state index is 12.3. The molecule has 2 saturated heterocycles. The fourth-order valence-corrected chi connectivity index (χ4v) is 7.34. The van der Waals surface area contributed by atoms with E-state index in [2.05, 4.69) is 12.1 Å². The zero-order valence-electron chi connectivity index (χ0n) is 12.8. The summed E-state index contributed by atoms with van der Waals surface area (Å²) in [4.78, 5) is 30.8. The van der Waals surface area contributed by atoms with Crippen LogP contribution in [-0.2, 0) is 9.59 Å². The Kier molecular flexibility index (Phi) is 4.89. The lowest BCUT2D eigenvalue weighted by atomic mass is 10.3. The van der Waals surface area contributed by atoms with E-state index in [9.17, 15) is 9.59 Å². The quantitative estimate of drug-likeness (QED) is 0.773. The second kappa shape index (κ2) is 7.11. The van der Waals surface area contributed by atoms with Crippen LogP contribution in [0.2, 0.25) is 0 Å². The fraction of sp³-hybridized carbons (Fsp3) is 0.375. The molecule has 4 rings (SSSR count).